The fourth-order valence-corrected chi connectivity index (χ4v) is 6.09. The van der Waals surface area contributed by atoms with Crippen LogP contribution in [0.3, 0.4) is 0 Å². The van der Waals surface area contributed by atoms with Crippen LogP contribution in [0.1, 0.15) is 56.1 Å². The summed E-state index contributed by atoms with van der Waals surface area (Å²) in [4.78, 5) is 12.3. The van der Waals surface area contributed by atoms with Gasteiger partial charge in [-0.05, 0) is 61.5 Å². The second kappa shape index (κ2) is 6.97. The highest BCUT2D eigenvalue weighted by Crippen LogP contribution is 2.54. The summed E-state index contributed by atoms with van der Waals surface area (Å²) in [7, 11) is -3.57. The van der Waals surface area contributed by atoms with Gasteiger partial charge in [-0.15, -0.1) is 0 Å². The summed E-state index contributed by atoms with van der Waals surface area (Å²) >= 11 is 0. The molecule has 5 nitrogen and oxygen atoms in total. The number of fused-ring (bicyclic) bond motifs is 3. The number of hydrogen-bond acceptors (Lipinski definition) is 3. The summed E-state index contributed by atoms with van der Waals surface area (Å²) in [5, 5.41) is 2.98. The van der Waals surface area contributed by atoms with E-state index in [1.54, 1.807) is 0 Å². The molecule has 3 aliphatic carbocycles. The van der Waals surface area contributed by atoms with Crippen molar-refractivity contribution in [3.63, 3.8) is 0 Å². The summed E-state index contributed by atoms with van der Waals surface area (Å²) in [6.07, 6.45) is 5.94. The van der Waals surface area contributed by atoms with Gasteiger partial charge in [-0.2, -0.15) is 0 Å². The number of hydrogen-bond donors (Lipinski definition) is 2. The maximum absolute atomic E-state index is 12.3. The zero-order valence-corrected chi connectivity index (χ0v) is 16.1. The predicted molar refractivity (Wildman–Crippen MR) is 101 cm³/mol. The van der Waals surface area contributed by atoms with E-state index < -0.39 is 15.8 Å². The molecule has 0 bridgehead atoms. The van der Waals surface area contributed by atoms with E-state index in [0.29, 0.717) is 17.8 Å². The molecular weight excluding hydrogens is 348 g/mol. The molecule has 4 rings (SSSR count). The van der Waals surface area contributed by atoms with E-state index in [0.717, 1.165) is 38.5 Å². The normalized spacial score (nSPS) is 33.0. The highest BCUT2D eigenvalue weighted by atomic mass is 32.2. The Morgan fingerprint density at radius 3 is 2.62 bits per heavy atom. The van der Waals surface area contributed by atoms with E-state index in [9.17, 15) is 13.2 Å². The molecule has 3 atom stereocenters. The summed E-state index contributed by atoms with van der Waals surface area (Å²) in [6.45, 7) is 2.20. The summed E-state index contributed by atoms with van der Waals surface area (Å²) in [6, 6.07) is 8.47. The van der Waals surface area contributed by atoms with Crippen LogP contribution in [-0.2, 0) is 21.2 Å². The zero-order chi connectivity index (χ0) is 18.3. The van der Waals surface area contributed by atoms with Crippen molar-refractivity contribution in [2.24, 2.45) is 11.8 Å². The van der Waals surface area contributed by atoms with E-state index in [4.69, 9.17) is 0 Å². The molecule has 2 saturated carbocycles. The van der Waals surface area contributed by atoms with Crippen molar-refractivity contribution in [3.05, 3.63) is 35.4 Å². The van der Waals surface area contributed by atoms with Gasteiger partial charge in [0.25, 0.3) is 0 Å². The molecular formula is C20H28N2O3S. The van der Waals surface area contributed by atoms with Crippen LogP contribution in [0.25, 0.3) is 0 Å². The van der Waals surface area contributed by atoms with Gasteiger partial charge in [0.05, 0.1) is 0 Å². The lowest BCUT2D eigenvalue weighted by Crippen LogP contribution is -2.43. The van der Waals surface area contributed by atoms with Crippen LogP contribution in [-0.4, -0.2) is 32.2 Å². The summed E-state index contributed by atoms with van der Waals surface area (Å²) in [5.74, 6) is 0.652. The quantitative estimate of drug-likeness (QED) is 0.828. The van der Waals surface area contributed by atoms with Gasteiger partial charge < -0.3 is 5.32 Å². The largest absolute Gasteiger partial charge is 0.352 e. The first-order chi connectivity index (χ1) is 12.4. The number of rotatable bonds is 5. The van der Waals surface area contributed by atoms with E-state index in [2.05, 4.69) is 35.2 Å². The molecule has 1 amide bonds. The monoisotopic (exact) mass is 376 g/mol. The number of aryl methyl sites for hydroxylation is 1. The lowest BCUT2D eigenvalue weighted by atomic mass is 9.88. The Morgan fingerprint density at radius 1 is 1.12 bits per heavy atom. The third-order valence-electron chi connectivity index (χ3n) is 6.34. The fourth-order valence-electron chi connectivity index (χ4n) is 4.84. The molecule has 3 unspecified atom stereocenters. The Morgan fingerprint density at radius 2 is 1.85 bits per heavy atom. The minimum Gasteiger partial charge on any atom is -0.352 e. The highest BCUT2D eigenvalue weighted by molar-refractivity contribution is 7.90. The molecule has 0 heterocycles. The van der Waals surface area contributed by atoms with Gasteiger partial charge in [0.1, 0.15) is 5.75 Å². The number of nitrogens with one attached hydrogen (secondary N) is 2. The van der Waals surface area contributed by atoms with Crippen molar-refractivity contribution in [3.8, 4) is 0 Å². The fraction of sp³-hybridized carbons (Fsp3) is 0.650. The summed E-state index contributed by atoms with van der Waals surface area (Å²) in [5.41, 5.74) is 2.69. The van der Waals surface area contributed by atoms with Crippen LogP contribution in [0.15, 0.2) is 24.3 Å². The molecule has 1 aromatic carbocycles. The number of carbonyl (C=O) groups excluding carboxylic acids is 1. The first-order valence-electron chi connectivity index (χ1n) is 9.80. The Kier molecular flexibility index (Phi) is 4.82. The minimum absolute atomic E-state index is 0.0145. The first kappa shape index (κ1) is 18.0. The summed E-state index contributed by atoms with van der Waals surface area (Å²) < 4.78 is 27.4. The lowest BCUT2D eigenvalue weighted by molar-refractivity contribution is -0.118. The van der Waals surface area contributed by atoms with Crippen LogP contribution in [0.2, 0.25) is 0 Å². The maximum Gasteiger partial charge on any atom is 0.236 e. The van der Waals surface area contributed by atoms with Crippen molar-refractivity contribution < 1.29 is 13.2 Å². The topological polar surface area (TPSA) is 75.3 Å². The third-order valence-corrected chi connectivity index (χ3v) is 7.68. The molecule has 2 fully saturated rings. The Bertz CT molecular complexity index is 784. The van der Waals surface area contributed by atoms with Crippen LogP contribution >= 0.6 is 0 Å². The van der Waals surface area contributed by atoms with Crippen molar-refractivity contribution >= 4 is 15.9 Å². The van der Waals surface area contributed by atoms with Crippen molar-refractivity contribution in [2.45, 2.75) is 63.5 Å². The highest BCUT2D eigenvalue weighted by Gasteiger charge is 2.53. The molecule has 1 aromatic rings. The number of amides is 1. The van der Waals surface area contributed by atoms with Crippen LogP contribution < -0.4 is 10.0 Å². The molecule has 3 aliphatic rings. The van der Waals surface area contributed by atoms with Gasteiger partial charge in [0.15, 0.2) is 0 Å². The maximum atomic E-state index is 12.3. The molecule has 26 heavy (non-hydrogen) atoms. The predicted octanol–water partition coefficient (Wildman–Crippen LogP) is 2.33. The second-order valence-electron chi connectivity index (χ2n) is 8.35. The van der Waals surface area contributed by atoms with Crippen molar-refractivity contribution in [1.82, 2.24) is 10.0 Å². The SMILES string of the molecule is CC1CCC(NS(=O)(=O)CC(=O)NC2C3CCc4ccccc4C32)CC1. The molecule has 0 aromatic heterocycles. The average Bonchev–Trinajstić information content (AvgIpc) is 3.29. The van der Waals surface area contributed by atoms with E-state index in [1.807, 2.05) is 6.07 Å². The smallest absolute Gasteiger partial charge is 0.236 e. The van der Waals surface area contributed by atoms with E-state index in [-0.39, 0.29) is 18.0 Å². The molecule has 0 spiro atoms. The molecule has 6 heteroatoms. The van der Waals surface area contributed by atoms with Gasteiger partial charge in [-0.3, -0.25) is 4.79 Å². The first-order valence-corrected chi connectivity index (χ1v) is 11.5. The minimum atomic E-state index is -3.57. The van der Waals surface area contributed by atoms with Crippen LogP contribution in [0, 0.1) is 11.8 Å². The van der Waals surface area contributed by atoms with E-state index in [1.165, 1.54) is 11.1 Å². The van der Waals surface area contributed by atoms with Crippen LogP contribution in [0.5, 0.6) is 0 Å². The Labute approximate surface area is 156 Å². The lowest BCUT2D eigenvalue weighted by Gasteiger charge is -2.26. The van der Waals surface area contributed by atoms with E-state index >= 15 is 0 Å². The molecule has 0 radical (unpaired) electrons. The zero-order valence-electron chi connectivity index (χ0n) is 15.3. The standard InChI is InChI=1S/C20H28N2O3S/c1-13-6-9-15(10-7-13)22-26(24,25)12-18(23)21-20-17-11-8-14-4-2-3-5-16(14)19(17)20/h2-5,13,15,17,19-20,22H,6-12H2,1H3,(H,21,23). The van der Waals surface area contributed by atoms with Crippen LogP contribution in [0.4, 0.5) is 0 Å². The number of benzene rings is 1. The number of carbonyl (C=O) groups is 1. The Balaban J connectivity index is 1.31. The third kappa shape index (κ3) is 3.81. The van der Waals surface area contributed by atoms with Crippen molar-refractivity contribution in [2.75, 3.05) is 5.75 Å². The number of sulfonamides is 1. The van der Waals surface area contributed by atoms with Gasteiger partial charge in [0.2, 0.25) is 15.9 Å². The van der Waals surface area contributed by atoms with Gasteiger partial charge in [-0.1, -0.05) is 31.2 Å². The Hall–Kier alpha value is -1.40. The van der Waals surface area contributed by atoms with Crippen molar-refractivity contribution in [1.29, 1.82) is 0 Å². The van der Waals surface area contributed by atoms with Gasteiger partial charge in [0, 0.05) is 18.0 Å². The molecule has 142 valence electrons. The molecule has 0 aliphatic heterocycles. The van der Waals surface area contributed by atoms with Gasteiger partial charge >= 0.3 is 0 Å². The average molecular weight is 377 g/mol. The molecule has 2 N–H and O–H groups in total. The second-order valence-corrected chi connectivity index (χ2v) is 10.1. The van der Waals surface area contributed by atoms with Gasteiger partial charge in [-0.25, -0.2) is 13.1 Å². The molecule has 0 saturated heterocycles.